The Kier molecular flexibility index (Phi) is 3.24. The lowest BCUT2D eigenvalue weighted by Crippen LogP contribution is -2.03. The summed E-state index contributed by atoms with van der Waals surface area (Å²) >= 11 is 5.84. The molecule has 90 valence electrons. The van der Waals surface area contributed by atoms with Crippen molar-refractivity contribution < 1.29 is 0 Å². The monoisotopic (exact) mass is 250 g/mol. The maximum atomic E-state index is 5.86. The van der Waals surface area contributed by atoms with Gasteiger partial charge in [0, 0.05) is 29.9 Å². The molecule has 0 saturated carbocycles. The number of hydrogen-bond donors (Lipinski definition) is 2. The number of nitrogens with zero attached hydrogens (tertiary/aromatic N) is 2. The van der Waals surface area contributed by atoms with Crippen LogP contribution >= 0.6 is 11.6 Å². The summed E-state index contributed by atoms with van der Waals surface area (Å²) in [5.41, 5.74) is 9.70. The van der Waals surface area contributed by atoms with Crippen LogP contribution in [-0.2, 0) is 13.6 Å². The Morgan fingerprint density at radius 2 is 2.24 bits per heavy atom. The van der Waals surface area contributed by atoms with Crippen molar-refractivity contribution in [2.24, 2.45) is 7.05 Å². The molecule has 0 radical (unpaired) electrons. The zero-order chi connectivity index (χ0) is 12.4. The van der Waals surface area contributed by atoms with Gasteiger partial charge in [0.1, 0.15) is 0 Å². The van der Waals surface area contributed by atoms with E-state index in [-0.39, 0.29) is 0 Å². The van der Waals surface area contributed by atoms with E-state index in [9.17, 15) is 0 Å². The molecule has 4 nitrogen and oxygen atoms in total. The molecule has 0 spiro atoms. The standard InChI is InChI=1S/C12H15ClN4/c1-8-9(7-16-17(8)2)6-15-12-4-3-10(13)5-11(12)14/h3-5,7,15H,6,14H2,1-2H3. The van der Waals surface area contributed by atoms with Crippen LogP contribution in [-0.4, -0.2) is 9.78 Å². The zero-order valence-corrected chi connectivity index (χ0v) is 10.6. The summed E-state index contributed by atoms with van der Waals surface area (Å²) in [6.07, 6.45) is 1.86. The second-order valence-electron chi connectivity index (χ2n) is 3.96. The van der Waals surface area contributed by atoms with Crippen molar-refractivity contribution in [3.8, 4) is 0 Å². The van der Waals surface area contributed by atoms with Crippen LogP contribution < -0.4 is 11.1 Å². The predicted octanol–water partition coefficient (Wildman–Crippen LogP) is 2.58. The Hall–Kier alpha value is -1.68. The SMILES string of the molecule is Cc1c(CNc2ccc(Cl)cc2N)cnn1C. The molecular formula is C12H15ClN4. The van der Waals surface area contributed by atoms with Crippen molar-refractivity contribution in [2.45, 2.75) is 13.5 Å². The summed E-state index contributed by atoms with van der Waals surface area (Å²) in [7, 11) is 1.93. The van der Waals surface area contributed by atoms with Gasteiger partial charge in [-0.15, -0.1) is 0 Å². The molecule has 5 heteroatoms. The third-order valence-corrected chi connectivity index (χ3v) is 3.05. The summed E-state index contributed by atoms with van der Waals surface area (Å²) in [5.74, 6) is 0. The van der Waals surface area contributed by atoms with Gasteiger partial charge in [0.05, 0.1) is 17.6 Å². The van der Waals surface area contributed by atoms with Crippen LogP contribution in [0.3, 0.4) is 0 Å². The number of halogens is 1. The quantitative estimate of drug-likeness (QED) is 0.824. The third kappa shape index (κ3) is 2.53. The van der Waals surface area contributed by atoms with E-state index in [2.05, 4.69) is 10.4 Å². The van der Waals surface area contributed by atoms with Crippen molar-refractivity contribution in [1.29, 1.82) is 0 Å². The van der Waals surface area contributed by atoms with E-state index in [1.165, 1.54) is 0 Å². The molecule has 2 aromatic rings. The molecule has 0 aliphatic rings. The zero-order valence-electron chi connectivity index (χ0n) is 9.87. The average molecular weight is 251 g/mol. The summed E-state index contributed by atoms with van der Waals surface area (Å²) < 4.78 is 1.85. The molecule has 3 N–H and O–H groups in total. The highest BCUT2D eigenvalue weighted by Gasteiger charge is 2.04. The fourth-order valence-electron chi connectivity index (χ4n) is 1.60. The predicted molar refractivity (Wildman–Crippen MR) is 71.1 cm³/mol. The van der Waals surface area contributed by atoms with Crippen molar-refractivity contribution >= 4 is 23.0 Å². The number of benzene rings is 1. The van der Waals surface area contributed by atoms with E-state index in [1.807, 2.05) is 37.0 Å². The number of anilines is 2. The average Bonchev–Trinajstić information content (AvgIpc) is 2.59. The van der Waals surface area contributed by atoms with Gasteiger partial charge in [0.25, 0.3) is 0 Å². The highest BCUT2D eigenvalue weighted by Crippen LogP contribution is 2.23. The minimum Gasteiger partial charge on any atom is -0.397 e. The third-order valence-electron chi connectivity index (χ3n) is 2.82. The van der Waals surface area contributed by atoms with Crippen molar-refractivity contribution in [1.82, 2.24) is 9.78 Å². The molecule has 1 aromatic carbocycles. The Morgan fingerprint density at radius 3 is 2.82 bits per heavy atom. The summed E-state index contributed by atoms with van der Waals surface area (Å²) in [5, 5.41) is 8.11. The minimum absolute atomic E-state index is 0.644. The molecular weight excluding hydrogens is 236 g/mol. The highest BCUT2D eigenvalue weighted by atomic mass is 35.5. The van der Waals surface area contributed by atoms with Crippen LogP contribution in [0.2, 0.25) is 5.02 Å². The van der Waals surface area contributed by atoms with E-state index in [0.717, 1.165) is 16.9 Å². The molecule has 0 fully saturated rings. The van der Waals surface area contributed by atoms with Crippen molar-refractivity contribution in [2.75, 3.05) is 11.1 Å². The maximum Gasteiger partial charge on any atom is 0.0577 e. The van der Waals surface area contributed by atoms with Crippen molar-refractivity contribution in [3.05, 3.63) is 40.7 Å². The number of nitrogen functional groups attached to an aromatic ring is 1. The van der Waals surface area contributed by atoms with Gasteiger partial charge in [-0.1, -0.05) is 11.6 Å². The van der Waals surface area contributed by atoms with Gasteiger partial charge in [-0.05, 0) is 25.1 Å². The van der Waals surface area contributed by atoms with Crippen LogP contribution in [0.1, 0.15) is 11.3 Å². The molecule has 1 heterocycles. The molecule has 0 saturated heterocycles. The largest absolute Gasteiger partial charge is 0.397 e. The summed E-state index contributed by atoms with van der Waals surface area (Å²) in [4.78, 5) is 0. The van der Waals surface area contributed by atoms with Gasteiger partial charge in [0.15, 0.2) is 0 Å². The van der Waals surface area contributed by atoms with Crippen LogP contribution in [0.4, 0.5) is 11.4 Å². The lowest BCUT2D eigenvalue weighted by Gasteiger charge is -2.09. The second-order valence-corrected chi connectivity index (χ2v) is 4.40. The first-order valence-corrected chi connectivity index (χ1v) is 5.72. The van der Waals surface area contributed by atoms with E-state index in [4.69, 9.17) is 17.3 Å². The Labute approximate surface area is 105 Å². The van der Waals surface area contributed by atoms with Crippen LogP contribution in [0.15, 0.2) is 24.4 Å². The van der Waals surface area contributed by atoms with Gasteiger partial charge in [0.2, 0.25) is 0 Å². The topological polar surface area (TPSA) is 55.9 Å². The lowest BCUT2D eigenvalue weighted by atomic mass is 10.2. The van der Waals surface area contributed by atoms with Crippen LogP contribution in [0.25, 0.3) is 0 Å². The number of nitrogens with two attached hydrogens (primary N) is 1. The molecule has 17 heavy (non-hydrogen) atoms. The molecule has 0 atom stereocenters. The fourth-order valence-corrected chi connectivity index (χ4v) is 1.78. The molecule has 0 aliphatic heterocycles. The van der Waals surface area contributed by atoms with Crippen LogP contribution in [0.5, 0.6) is 0 Å². The number of hydrogen-bond acceptors (Lipinski definition) is 3. The Bertz CT molecular complexity index is 533. The van der Waals surface area contributed by atoms with Gasteiger partial charge >= 0.3 is 0 Å². The van der Waals surface area contributed by atoms with E-state index in [1.54, 1.807) is 6.07 Å². The minimum atomic E-state index is 0.644. The Morgan fingerprint density at radius 1 is 1.47 bits per heavy atom. The molecule has 2 rings (SSSR count). The van der Waals surface area contributed by atoms with E-state index >= 15 is 0 Å². The van der Waals surface area contributed by atoms with Gasteiger partial charge < -0.3 is 11.1 Å². The molecule has 0 bridgehead atoms. The maximum absolute atomic E-state index is 5.86. The first-order chi connectivity index (χ1) is 8.08. The fraction of sp³-hybridized carbons (Fsp3) is 0.250. The van der Waals surface area contributed by atoms with E-state index < -0.39 is 0 Å². The van der Waals surface area contributed by atoms with E-state index in [0.29, 0.717) is 17.3 Å². The number of aromatic nitrogens is 2. The van der Waals surface area contributed by atoms with Crippen molar-refractivity contribution in [3.63, 3.8) is 0 Å². The first kappa shape index (κ1) is 11.8. The smallest absolute Gasteiger partial charge is 0.0577 e. The summed E-state index contributed by atoms with van der Waals surface area (Å²) in [6.45, 7) is 2.74. The number of aryl methyl sites for hydroxylation is 1. The van der Waals surface area contributed by atoms with Gasteiger partial charge in [-0.2, -0.15) is 5.10 Å². The highest BCUT2D eigenvalue weighted by molar-refractivity contribution is 6.31. The summed E-state index contributed by atoms with van der Waals surface area (Å²) in [6, 6.07) is 5.43. The van der Waals surface area contributed by atoms with Gasteiger partial charge in [-0.25, -0.2) is 0 Å². The molecule has 0 unspecified atom stereocenters. The second kappa shape index (κ2) is 4.67. The molecule has 1 aromatic heterocycles. The first-order valence-electron chi connectivity index (χ1n) is 5.34. The molecule has 0 amide bonds. The Balaban J connectivity index is 2.10. The normalized spacial score (nSPS) is 10.5. The lowest BCUT2D eigenvalue weighted by molar-refractivity contribution is 0.738. The van der Waals surface area contributed by atoms with Gasteiger partial charge in [-0.3, -0.25) is 4.68 Å². The van der Waals surface area contributed by atoms with Crippen LogP contribution in [0, 0.1) is 6.92 Å². The number of nitrogens with one attached hydrogen (secondary N) is 1. The number of rotatable bonds is 3. The molecule has 0 aliphatic carbocycles.